The third-order valence-electron chi connectivity index (χ3n) is 8.41. The number of Topliss-reactive ketones (excluding diaryl/α,β-unsaturated/α-hetero) is 2. The summed E-state index contributed by atoms with van der Waals surface area (Å²) in [6.07, 6.45) is 0. The molecule has 4 aliphatic rings. The SMILES string of the molecule is ClC(Cl)Cl.O=C1c2ccccc2C(=O)[C@H]2[C@@H]3c4ccccc4[C@@H](c4cc5cc6ccccc6cc5cc43)[C@@H]12. The molecule has 186 valence electrons. The molecule has 5 heteroatoms. The van der Waals surface area contributed by atoms with E-state index in [2.05, 4.69) is 72.8 Å². The van der Waals surface area contributed by atoms with Crippen molar-refractivity contribution in [3.63, 3.8) is 0 Å². The highest BCUT2D eigenvalue weighted by molar-refractivity contribution is 6.63. The Kier molecular flexibility index (Phi) is 5.63. The summed E-state index contributed by atoms with van der Waals surface area (Å²) in [4.78, 5) is 27.8. The van der Waals surface area contributed by atoms with E-state index in [9.17, 15) is 9.59 Å². The fourth-order valence-electron chi connectivity index (χ4n) is 7.07. The van der Waals surface area contributed by atoms with Gasteiger partial charge in [0.25, 0.3) is 0 Å². The van der Waals surface area contributed by atoms with Crippen molar-refractivity contribution >= 4 is 67.9 Å². The van der Waals surface area contributed by atoms with E-state index >= 15 is 0 Å². The zero-order chi connectivity index (χ0) is 26.1. The van der Waals surface area contributed by atoms with Crippen LogP contribution in [0.3, 0.4) is 0 Å². The molecule has 0 amide bonds. The molecule has 2 bridgehead atoms. The highest BCUT2D eigenvalue weighted by atomic mass is 35.6. The van der Waals surface area contributed by atoms with E-state index in [0.717, 1.165) is 0 Å². The number of carbonyl (C=O) groups excluding carboxylic acids is 2. The van der Waals surface area contributed by atoms with E-state index < -0.39 is 4.30 Å². The fraction of sp³-hybridized carbons (Fsp3) is 0.152. The minimum Gasteiger partial charge on any atom is -0.294 e. The first kappa shape index (κ1) is 23.9. The third-order valence-corrected chi connectivity index (χ3v) is 8.41. The van der Waals surface area contributed by atoms with Gasteiger partial charge in [-0.1, -0.05) is 120 Å². The summed E-state index contributed by atoms with van der Waals surface area (Å²) in [6, 6.07) is 33.3. The van der Waals surface area contributed by atoms with Crippen LogP contribution in [0.25, 0.3) is 21.5 Å². The lowest BCUT2D eigenvalue weighted by atomic mass is 9.50. The molecule has 0 fully saturated rings. The van der Waals surface area contributed by atoms with Crippen LogP contribution in [-0.2, 0) is 0 Å². The maximum Gasteiger partial charge on any atom is 0.180 e. The normalized spacial score (nSPS) is 22.4. The van der Waals surface area contributed by atoms with Gasteiger partial charge in [-0.2, -0.15) is 0 Å². The van der Waals surface area contributed by atoms with Crippen LogP contribution in [0.4, 0.5) is 0 Å². The highest BCUT2D eigenvalue weighted by Gasteiger charge is 2.57. The van der Waals surface area contributed by atoms with Crippen molar-refractivity contribution in [2.45, 2.75) is 16.1 Å². The van der Waals surface area contributed by atoms with Gasteiger partial charge in [0.05, 0.1) is 0 Å². The second-order valence-corrected chi connectivity index (χ2v) is 12.2. The van der Waals surface area contributed by atoms with Crippen LogP contribution in [0.15, 0.2) is 97.1 Å². The molecule has 5 aromatic carbocycles. The topological polar surface area (TPSA) is 34.1 Å². The van der Waals surface area contributed by atoms with Crippen molar-refractivity contribution in [3.8, 4) is 0 Å². The first-order valence-electron chi connectivity index (χ1n) is 12.6. The van der Waals surface area contributed by atoms with Crippen molar-refractivity contribution in [1.82, 2.24) is 0 Å². The minimum atomic E-state index is -0.750. The van der Waals surface area contributed by atoms with Gasteiger partial charge >= 0.3 is 0 Å². The third kappa shape index (κ3) is 3.48. The van der Waals surface area contributed by atoms with E-state index in [0.29, 0.717) is 11.1 Å². The maximum absolute atomic E-state index is 13.9. The molecule has 5 aromatic rings. The first-order valence-corrected chi connectivity index (χ1v) is 13.9. The van der Waals surface area contributed by atoms with Gasteiger partial charge in [0.15, 0.2) is 15.9 Å². The molecule has 0 saturated carbocycles. The van der Waals surface area contributed by atoms with Crippen LogP contribution in [0, 0.1) is 11.8 Å². The predicted molar refractivity (Wildman–Crippen MR) is 155 cm³/mol. The van der Waals surface area contributed by atoms with E-state index in [4.69, 9.17) is 34.8 Å². The number of fused-ring (bicyclic) bond motifs is 3. The molecular formula is C33H21Cl3O2. The van der Waals surface area contributed by atoms with Gasteiger partial charge in [-0.05, 0) is 55.9 Å². The second kappa shape index (κ2) is 8.95. The first-order chi connectivity index (χ1) is 18.4. The van der Waals surface area contributed by atoms with Crippen molar-refractivity contribution in [2.24, 2.45) is 11.8 Å². The minimum absolute atomic E-state index is 0.0955. The number of ketones is 2. The number of alkyl halides is 3. The molecule has 38 heavy (non-hydrogen) atoms. The van der Waals surface area contributed by atoms with Gasteiger partial charge in [-0.15, -0.1) is 0 Å². The molecule has 4 aliphatic carbocycles. The number of rotatable bonds is 0. The summed E-state index contributed by atoms with van der Waals surface area (Å²) < 4.78 is -0.750. The molecule has 0 radical (unpaired) electrons. The Balaban J connectivity index is 0.000000569. The summed E-state index contributed by atoms with van der Waals surface area (Å²) in [5.74, 6) is -0.632. The smallest absolute Gasteiger partial charge is 0.180 e. The molecule has 0 N–H and O–H groups in total. The molecule has 0 aromatic heterocycles. The molecule has 0 unspecified atom stereocenters. The van der Waals surface area contributed by atoms with Crippen LogP contribution < -0.4 is 0 Å². The molecule has 4 atom stereocenters. The number of carbonyl (C=O) groups is 2. The lowest BCUT2D eigenvalue weighted by Crippen LogP contribution is -2.50. The van der Waals surface area contributed by atoms with Crippen LogP contribution >= 0.6 is 34.8 Å². The number of hydrogen-bond donors (Lipinski definition) is 0. The monoisotopic (exact) mass is 554 g/mol. The van der Waals surface area contributed by atoms with Crippen LogP contribution in [-0.4, -0.2) is 15.9 Å². The zero-order valence-electron chi connectivity index (χ0n) is 20.1. The summed E-state index contributed by atoms with van der Waals surface area (Å²) in [5.41, 5.74) is 6.03. The van der Waals surface area contributed by atoms with Gasteiger partial charge in [-0.3, -0.25) is 9.59 Å². The van der Waals surface area contributed by atoms with E-state index in [1.54, 1.807) is 0 Å². The average molecular weight is 556 g/mol. The Morgan fingerprint density at radius 3 is 1.26 bits per heavy atom. The molecule has 2 nitrogen and oxygen atoms in total. The Morgan fingerprint density at radius 1 is 0.474 bits per heavy atom. The predicted octanol–water partition coefficient (Wildman–Crippen LogP) is 8.88. The largest absolute Gasteiger partial charge is 0.294 e. The summed E-state index contributed by atoms with van der Waals surface area (Å²) in [7, 11) is 0. The highest BCUT2D eigenvalue weighted by Crippen LogP contribution is 2.61. The van der Waals surface area contributed by atoms with E-state index in [-0.39, 0.29) is 35.2 Å². The Bertz CT molecular complexity index is 1660. The van der Waals surface area contributed by atoms with Gasteiger partial charge in [0.1, 0.15) is 0 Å². The average Bonchev–Trinajstić information content (AvgIpc) is 2.93. The zero-order valence-corrected chi connectivity index (χ0v) is 22.3. The van der Waals surface area contributed by atoms with Crippen molar-refractivity contribution in [2.75, 3.05) is 0 Å². The van der Waals surface area contributed by atoms with Gasteiger partial charge in [-0.25, -0.2) is 0 Å². The standard InChI is InChI=1S/C32H20O2.CHCl3/c33-31-23-11-5-6-12-24(23)32(34)30-28-22-10-4-3-9-21(22)27(29(30)31)25-15-19-13-17-7-1-2-8-18(17)14-20(19)16-26(25)28;2-1(3)4/h1-16,27-30H;1H/t27-,28+,29+,30-;. The fourth-order valence-corrected chi connectivity index (χ4v) is 7.07. The van der Waals surface area contributed by atoms with Crippen LogP contribution in [0.5, 0.6) is 0 Å². The molecule has 0 spiro atoms. The number of hydrogen-bond acceptors (Lipinski definition) is 2. The van der Waals surface area contributed by atoms with Gasteiger partial charge in [0, 0.05) is 34.8 Å². The Labute approximate surface area is 235 Å². The Hall–Kier alpha value is -3.17. The van der Waals surface area contributed by atoms with Crippen LogP contribution in [0.1, 0.15) is 54.8 Å². The number of benzene rings is 5. The summed E-state index contributed by atoms with van der Waals surface area (Å²) >= 11 is 14.4. The van der Waals surface area contributed by atoms with E-state index in [1.807, 2.05) is 24.3 Å². The van der Waals surface area contributed by atoms with Gasteiger partial charge in [0.2, 0.25) is 0 Å². The van der Waals surface area contributed by atoms with Gasteiger partial charge < -0.3 is 0 Å². The number of halogens is 3. The molecule has 0 heterocycles. The Morgan fingerprint density at radius 2 is 0.842 bits per heavy atom. The maximum atomic E-state index is 13.9. The second-order valence-electron chi connectivity index (χ2n) is 10.2. The van der Waals surface area contributed by atoms with Crippen molar-refractivity contribution in [1.29, 1.82) is 0 Å². The molecular weight excluding hydrogens is 535 g/mol. The van der Waals surface area contributed by atoms with E-state index in [1.165, 1.54) is 43.8 Å². The van der Waals surface area contributed by atoms with Crippen molar-refractivity contribution in [3.05, 3.63) is 130 Å². The summed E-state index contributed by atoms with van der Waals surface area (Å²) in [5, 5.41) is 4.81. The lowest BCUT2D eigenvalue weighted by molar-refractivity contribution is 0.0664. The molecule has 0 saturated heterocycles. The molecule has 9 rings (SSSR count). The summed E-state index contributed by atoms with van der Waals surface area (Å²) in [6.45, 7) is 0. The van der Waals surface area contributed by atoms with Crippen molar-refractivity contribution < 1.29 is 9.59 Å². The van der Waals surface area contributed by atoms with Crippen LogP contribution in [0.2, 0.25) is 0 Å². The quantitative estimate of drug-likeness (QED) is 0.141. The lowest BCUT2D eigenvalue weighted by Gasteiger charge is -2.51. The molecule has 0 aliphatic heterocycles.